The molecule has 2 heterocycles. The Morgan fingerprint density at radius 3 is 2.55 bits per heavy atom. The van der Waals surface area contributed by atoms with Crippen LogP contribution < -0.4 is 0 Å². The van der Waals surface area contributed by atoms with Gasteiger partial charge in [-0.15, -0.1) is 5.10 Å². The summed E-state index contributed by atoms with van der Waals surface area (Å²) in [4.78, 5) is 14.5. The van der Waals surface area contributed by atoms with E-state index >= 15 is 0 Å². The molecule has 2 atom stereocenters. The summed E-state index contributed by atoms with van der Waals surface area (Å²) in [6.45, 7) is 6.24. The molecule has 0 radical (unpaired) electrons. The van der Waals surface area contributed by atoms with Gasteiger partial charge < -0.3 is 4.90 Å². The molecular weight excluding hydrogens is 278 g/mol. The predicted octanol–water partition coefficient (Wildman–Crippen LogP) is 1.84. The molecule has 22 heavy (non-hydrogen) atoms. The number of aromatic nitrogens is 4. The van der Waals surface area contributed by atoms with Crippen molar-refractivity contribution in [2.75, 3.05) is 13.1 Å². The van der Waals surface area contributed by atoms with E-state index in [0.29, 0.717) is 17.7 Å². The fourth-order valence-electron chi connectivity index (χ4n) is 3.20. The summed E-state index contributed by atoms with van der Waals surface area (Å²) in [6.07, 6.45) is 1.18. The van der Waals surface area contributed by atoms with E-state index in [-0.39, 0.29) is 12.5 Å². The van der Waals surface area contributed by atoms with Crippen LogP contribution in [0.1, 0.15) is 20.3 Å². The normalized spacial score (nSPS) is 21.8. The van der Waals surface area contributed by atoms with Gasteiger partial charge in [0, 0.05) is 18.7 Å². The van der Waals surface area contributed by atoms with Crippen molar-refractivity contribution >= 4 is 5.91 Å². The van der Waals surface area contributed by atoms with Gasteiger partial charge in [0.05, 0.1) is 0 Å². The summed E-state index contributed by atoms with van der Waals surface area (Å²) >= 11 is 0. The van der Waals surface area contributed by atoms with Gasteiger partial charge in [0.25, 0.3) is 0 Å². The zero-order chi connectivity index (χ0) is 15.5. The Bertz CT molecular complexity index is 629. The maximum atomic E-state index is 12.5. The van der Waals surface area contributed by atoms with Crippen LogP contribution in [0.3, 0.4) is 0 Å². The molecular formula is C16H21N5O. The summed E-state index contributed by atoms with van der Waals surface area (Å²) in [5.41, 5.74) is 0.917. The molecule has 0 N–H and O–H groups in total. The topological polar surface area (TPSA) is 63.9 Å². The van der Waals surface area contributed by atoms with Crippen molar-refractivity contribution in [1.82, 2.24) is 25.1 Å². The third-order valence-electron chi connectivity index (χ3n) is 4.07. The first kappa shape index (κ1) is 14.7. The van der Waals surface area contributed by atoms with Gasteiger partial charge in [-0.25, -0.2) is 4.68 Å². The Kier molecular flexibility index (Phi) is 4.18. The van der Waals surface area contributed by atoms with Gasteiger partial charge in [0.2, 0.25) is 5.91 Å². The molecule has 0 unspecified atom stereocenters. The van der Waals surface area contributed by atoms with Crippen molar-refractivity contribution in [2.45, 2.75) is 26.8 Å². The van der Waals surface area contributed by atoms with E-state index in [2.05, 4.69) is 29.4 Å². The Balaban J connectivity index is 1.74. The van der Waals surface area contributed by atoms with Crippen LogP contribution in [0.2, 0.25) is 0 Å². The summed E-state index contributed by atoms with van der Waals surface area (Å²) < 4.78 is 1.58. The van der Waals surface area contributed by atoms with Gasteiger partial charge in [-0.2, -0.15) is 0 Å². The van der Waals surface area contributed by atoms with Crippen LogP contribution in [0, 0.1) is 11.8 Å². The van der Waals surface area contributed by atoms with Crippen LogP contribution in [0.5, 0.6) is 0 Å². The van der Waals surface area contributed by atoms with Crippen molar-refractivity contribution in [3.63, 3.8) is 0 Å². The van der Waals surface area contributed by atoms with Gasteiger partial charge in [0.1, 0.15) is 6.54 Å². The number of piperidine rings is 1. The van der Waals surface area contributed by atoms with Gasteiger partial charge >= 0.3 is 0 Å². The lowest BCUT2D eigenvalue weighted by Gasteiger charge is -2.35. The zero-order valence-electron chi connectivity index (χ0n) is 13.0. The quantitative estimate of drug-likeness (QED) is 0.867. The number of carbonyl (C=O) groups is 1. The van der Waals surface area contributed by atoms with E-state index in [9.17, 15) is 4.79 Å². The van der Waals surface area contributed by atoms with Crippen molar-refractivity contribution in [3.8, 4) is 11.4 Å². The molecule has 1 aromatic carbocycles. The van der Waals surface area contributed by atoms with Gasteiger partial charge in [-0.05, 0) is 28.7 Å². The largest absolute Gasteiger partial charge is 0.341 e. The summed E-state index contributed by atoms with van der Waals surface area (Å²) in [7, 11) is 0. The molecule has 1 amide bonds. The van der Waals surface area contributed by atoms with E-state index in [1.807, 2.05) is 35.2 Å². The van der Waals surface area contributed by atoms with Crippen molar-refractivity contribution in [3.05, 3.63) is 30.3 Å². The lowest BCUT2D eigenvalue weighted by molar-refractivity contribution is -0.134. The number of nitrogens with zero attached hydrogens (tertiary/aromatic N) is 5. The molecule has 1 fully saturated rings. The number of hydrogen-bond donors (Lipinski definition) is 0. The number of amides is 1. The first-order chi connectivity index (χ1) is 10.6. The zero-order valence-corrected chi connectivity index (χ0v) is 13.0. The fraction of sp³-hybridized carbons (Fsp3) is 0.500. The minimum absolute atomic E-state index is 0.0860. The number of tetrazole rings is 1. The van der Waals surface area contributed by atoms with E-state index in [1.54, 1.807) is 4.68 Å². The first-order valence-electron chi connectivity index (χ1n) is 7.73. The number of rotatable bonds is 3. The molecule has 1 saturated heterocycles. The van der Waals surface area contributed by atoms with Crippen molar-refractivity contribution in [1.29, 1.82) is 0 Å². The second-order valence-corrected chi connectivity index (χ2v) is 6.27. The smallest absolute Gasteiger partial charge is 0.244 e. The van der Waals surface area contributed by atoms with E-state index in [4.69, 9.17) is 0 Å². The number of carbonyl (C=O) groups excluding carboxylic acids is 1. The minimum atomic E-state index is 0.0860. The lowest BCUT2D eigenvalue weighted by atomic mass is 9.92. The summed E-state index contributed by atoms with van der Waals surface area (Å²) in [5, 5.41) is 11.7. The Hall–Kier alpha value is -2.24. The molecule has 2 aromatic rings. The molecule has 116 valence electrons. The number of benzene rings is 1. The van der Waals surface area contributed by atoms with Crippen LogP contribution in [0.25, 0.3) is 11.4 Å². The van der Waals surface area contributed by atoms with Gasteiger partial charge in [-0.3, -0.25) is 4.79 Å². The van der Waals surface area contributed by atoms with Crippen LogP contribution in [0.15, 0.2) is 30.3 Å². The fourth-order valence-corrected chi connectivity index (χ4v) is 3.20. The highest BCUT2D eigenvalue weighted by Gasteiger charge is 2.26. The molecule has 1 aliphatic rings. The molecule has 1 aromatic heterocycles. The first-order valence-corrected chi connectivity index (χ1v) is 7.73. The average molecular weight is 299 g/mol. The van der Waals surface area contributed by atoms with E-state index < -0.39 is 0 Å². The Morgan fingerprint density at radius 1 is 1.18 bits per heavy atom. The minimum Gasteiger partial charge on any atom is -0.341 e. The molecule has 3 rings (SSSR count). The SMILES string of the molecule is C[C@H]1C[C@H](C)CN(C(=O)Cn2nnnc2-c2ccccc2)C1. The maximum Gasteiger partial charge on any atom is 0.244 e. The molecule has 6 nitrogen and oxygen atoms in total. The molecule has 1 aliphatic heterocycles. The standard InChI is InChI=1S/C16H21N5O/c1-12-8-13(2)10-20(9-12)15(22)11-21-16(17-18-19-21)14-6-4-3-5-7-14/h3-7,12-13H,8-11H2,1-2H3/t12-,13-/m0/s1. The third-order valence-corrected chi connectivity index (χ3v) is 4.07. The van der Waals surface area contributed by atoms with E-state index in [0.717, 1.165) is 18.7 Å². The highest BCUT2D eigenvalue weighted by molar-refractivity contribution is 5.76. The van der Waals surface area contributed by atoms with Gasteiger partial charge in [0.15, 0.2) is 5.82 Å². The molecule has 0 saturated carbocycles. The summed E-state index contributed by atoms with van der Waals surface area (Å²) in [6, 6.07) is 9.70. The van der Waals surface area contributed by atoms with Crippen LogP contribution in [-0.4, -0.2) is 44.1 Å². The lowest BCUT2D eigenvalue weighted by Crippen LogP contribution is -2.44. The second-order valence-electron chi connectivity index (χ2n) is 6.27. The number of hydrogen-bond acceptors (Lipinski definition) is 4. The maximum absolute atomic E-state index is 12.5. The Labute approximate surface area is 130 Å². The highest BCUT2D eigenvalue weighted by Crippen LogP contribution is 2.21. The van der Waals surface area contributed by atoms with Crippen LogP contribution in [0.4, 0.5) is 0 Å². The van der Waals surface area contributed by atoms with Gasteiger partial charge in [-0.1, -0.05) is 44.2 Å². The van der Waals surface area contributed by atoms with Crippen LogP contribution in [-0.2, 0) is 11.3 Å². The highest BCUT2D eigenvalue weighted by atomic mass is 16.2. The third kappa shape index (κ3) is 3.16. The van der Waals surface area contributed by atoms with Crippen molar-refractivity contribution in [2.24, 2.45) is 11.8 Å². The molecule has 6 heteroatoms. The molecule has 0 bridgehead atoms. The molecule has 0 spiro atoms. The number of likely N-dealkylation sites (tertiary alicyclic amines) is 1. The predicted molar refractivity (Wildman–Crippen MR) is 82.8 cm³/mol. The van der Waals surface area contributed by atoms with Crippen molar-refractivity contribution < 1.29 is 4.79 Å². The molecule has 0 aliphatic carbocycles. The summed E-state index contributed by atoms with van der Waals surface area (Å²) in [5.74, 6) is 1.82. The van der Waals surface area contributed by atoms with Crippen LogP contribution >= 0.6 is 0 Å². The van der Waals surface area contributed by atoms with E-state index in [1.165, 1.54) is 6.42 Å². The Morgan fingerprint density at radius 2 is 1.86 bits per heavy atom. The monoisotopic (exact) mass is 299 g/mol. The average Bonchev–Trinajstić information content (AvgIpc) is 2.95. The second kappa shape index (κ2) is 6.25.